The van der Waals surface area contributed by atoms with Crippen molar-refractivity contribution >= 4 is 5.97 Å². The standard InChI is InChI=1S/C23H43NO2/c1-3-5-6-7-8-9-10-11-12-13-14-15-16-17-18-19-21-24(20-4-2)22-23(25)26/h4,11-12H,2-3,5-10,13-22H2,1H3,(H,25,26)/b12-11-. The average Bonchev–Trinajstić information content (AvgIpc) is 2.61. The van der Waals surface area contributed by atoms with Crippen molar-refractivity contribution in [2.45, 2.75) is 96.8 Å². The van der Waals surface area contributed by atoms with Crippen LogP contribution in [0.5, 0.6) is 0 Å². The SMILES string of the molecule is C=CCN(CCCCCCCC/C=C\CCCCCCCC)CC(=O)O. The van der Waals surface area contributed by atoms with Gasteiger partial charge >= 0.3 is 5.97 Å². The van der Waals surface area contributed by atoms with Gasteiger partial charge in [-0.25, -0.2) is 0 Å². The van der Waals surface area contributed by atoms with Crippen LogP contribution in [0.4, 0.5) is 0 Å². The average molecular weight is 366 g/mol. The van der Waals surface area contributed by atoms with Crippen molar-refractivity contribution in [2.24, 2.45) is 0 Å². The molecule has 0 bridgehead atoms. The number of hydrogen-bond acceptors (Lipinski definition) is 2. The number of carboxylic acid groups (broad SMARTS) is 1. The second-order valence-corrected chi connectivity index (χ2v) is 7.36. The molecule has 0 saturated carbocycles. The Bertz CT molecular complexity index is 352. The molecule has 0 aromatic carbocycles. The van der Waals surface area contributed by atoms with Crippen LogP contribution >= 0.6 is 0 Å². The normalized spacial score (nSPS) is 11.5. The number of unbranched alkanes of at least 4 members (excludes halogenated alkanes) is 12. The molecule has 3 heteroatoms. The van der Waals surface area contributed by atoms with E-state index in [2.05, 4.69) is 25.7 Å². The highest BCUT2D eigenvalue weighted by molar-refractivity contribution is 5.69. The van der Waals surface area contributed by atoms with Gasteiger partial charge in [-0.3, -0.25) is 9.69 Å². The zero-order chi connectivity index (χ0) is 19.3. The van der Waals surface area contributed by atoms with E-state index in [-0.39, 0.29) is 6.54 Å². The Labute approximate surface area is 162 Å². The molecule has 0 aromatic heterocycles. The van der Waals surface area contributed by atoms with Gasteiger partial charge in [0, 0.05) is 6.54 Å². The van der Waals surface area contributed by atoms with Crippen molar-refractivity contribution in [2.75, 3.05) is 19.6 Å². The number of carbonyl (C=O) groups is 1. The summed E-state index contributed by atoms with van der Waals surface area (Å²) < 4.78 is 0. The molecule has 0 fully saturated rings. The molecular formula is C23H43NO2. The van der Waals surface area contributed by atoms with E-state index < -0.39 is 5.97 Å². The third kappa shape index (κ3) is 19.2. The first-order valence-electron chi connectivity index (χ1n) is 10.9. The second-order valence-electron chi connectivity index (χ2n) is 7.36. The summed E-state index contributed by atoms with van der Waals surface area (Å²) in [7, 11) is 0. The number of hydrogen-bond donors (Lipinski definition) is 1. The van der Waals surface area contributed by atoms with Crippen molar-refractivity contribution in [3.05, 3.63) is 24.8 Å². The molecule has 0 aliphatic rings. The predicted molar refractivity (Wildman–Crippen MR) is 114 cm³/mol. The molecule has 1 N–H and O–H groups in total. The Kier molecular flexibility index (Phi) is 19.4. The second kappa shape index (κ2) is 20.2. The number of carboxylic acids is 1. The zero-order valence-electron chi connectivity index (χ0n) is 17.3. The van der Waals surface area contributed by atoms with E-state index in [0.29, 0.717) is 6.54 Å². The third-order valence-electron chi connectivity index (χ3n) is 4.73. The number of rotatable bonds is 20. The molecule has 0 unspecified atom stereocenters. The van der Waals surface area contributed by atoms with Crippen LogP contribution < -0.4 is 0 Å². The zero-order valence-corrected chi connectivity index (χ0v) is 17.3. The summed E-state index contributed by atoms with van der Waals surface area (Å²) in [5, 5.41) is 8.86. The summed E-state index contributed by atoms with van der Waals surface area (Å²) >= 11 is 0. The molecule has 152 valence electrons. The molecule has 0 radical (unpaired) electrons. The van der Waals surface area contributed by atoms with Crippen LogP contribution in [0.3, 0.4) is 0 Å². The highest BCUT2D eigenvalue weighted by Gasteiger charge is 2.06. The van der Waals surface area contributed by atoms with E-state index >= 15 is 0 Å². The van der Waals surface area contributed by atoms with Gasteiger partial charge in [-0.05, 0) is 38.6 Å². The van der Waals surface area contributed by atoms with Crippen LogP contribution in [-0.4, -0.2) is 35.6 Å². The third-order valence-corrected chi connectivity index (χ3v) is 4.73. The minimum Gasteiger partial charge on any atom is -0.480 e. The Balaban J connectivity index is 3.33. The Hall–Kier alpha value is -1.09. The summed E-state index contributed by atoms with van der Waals surface area (Å²) in [6.07, 6.45) is 24.7. The minimum atomic E-state index is -0.753. The first-order valence-corrected chi connectivity index (χ1v) is 10.9. The lowest BCUT2D eigenvalue weighted by atomic mass is 10.1. The largest absolute Gasteiger partial charge is 0.480 e. The molecule has 26 heavy (non-hydrogen) atoms. The molecule has 0 spiro atoms. The van der Waals surface area contributed by atoms with Crippen LogP contribution in [0, 0.1) is 0 Å². The molecule has 0 aliphatic carbocycles. The molecule has 0 amide bonds. The molecule has 3 nitrogen and oxygen atoms in total. The summed E-state index contributed by atoms with van der Waals surface area (Å²) in [5.41, 5.74) is 0. The number of aliphatic carboxylic acids is 1. The van der Waals surface area contributed by atoms with Crippen molar-refractivity contribution in [3.63, 3.8) is 0 Å². The van der Waals surface area contributed by atoms with Gasteiger partial charge in [0.15, 0.2) is 0 Å². The topological polar surface area (TPSA) is 40.5 Å². The van der Waals surface area contributed by atoms with Crippen molar-refractivity contribution in [1.82, 2.24) is 4.90 Å². The van der Waals surface area contributed by atoms with Crippen LogP contribution in [0.2, 0.25) is 0 Å². The van der Waals surface area contributed by atoms with E-state index in [1.54, 1.807) is 6.08 Å². The first kappa shape index (κ1) is 24.9. The lowest BCUT2D eigenvalue weighted by molar-refractivity contribution is -0.138. The minimum absolute atomic E-state index is 0.122. The van der Waals surface area contributed by atoms with Crippen LogP contribution in [0.25, 0.3) is 0 Å². The van der Waals surface area contributed by atoms with Gasteiger partial charge in [-0.2, -0.15) is 0 Å². The summed E-state index contributed by atoms with van der Waals surface area (Å²) in [5.74, 6) is -0.753. The van der Waals surface area contributed by atoms with Gasteiger partial charge in [0.05, 0.1) is 6.54 Å². The highest BCUT2D eigenvalue weighted by Crippen LogP contribution is 2.10. The fourth-order valence-corrected chi connectivity index (χ4v) is 3.19. The maximum Gasteiger partial charge on any atom is 0.317 e. The van der Waals surface area contributed by atoms with Crippen LogP contribution in [0.15, 0.2) is 24.8 Å². The fourth-order valence-electron chi connectivity index (χ4n) is 3.19. The van der Waals surface area contributed by atoms with E-state index in [4.69, 9.17) is 5.11 Å². The maximum atomic E-state index is 10.8. The van der Waals surface area contributed by atoms with E-state index in [1.165, 1.54) is 83.5 Å². The molecule has 0 atom stereocenters. The van der Waals surface area contributed by atoms with E-state index in [1.807, 2.05) is 4.90 Å². The summed E-state index contributed by atoms with van der Waals surface area (Å²) in [6, 6.07) is 0. The smallest absolute Gasteiger partial charge is 0.317 e. The number of allylic oxidation sites excluding steroid dienone is 2. The summed E-state index contributed by atoms with van der Waals surface area (Å²) in [6.45, 7) is 7.61. The lowest BCUT2D eigenvalue weighted by Crippen LogP contribution is -2.30. The van der Waals surface area contributed by atoms with Crippen molar-refractivity contribution in [3.8, 4) is 0 Å². The quantitative estimate of drug-likeness (QED) is 0.195. The molecule has 0 aliphatic heterocycles. The molecule has 0 heterocycles. The van der Waals surface area contributed by atoms with E-state index in [9.17, 15) is 4.79 Å². The molecule has 0 rings (SSSR count). The van der Waals surface area contributed by atoms with Crippen LogP contribution in [-0.2, 0) is 4.79 Å². The molecule has 0 aromatic rings. The van der Waals surface area contributed by atoms with Gasteiger partial charge < -0.3 is 5.11 Å². The Morgan fingerprint density at radius 1 is 0.846 bits per heavy atom. The fraction of sp³-hybridized carbons (Fsp3) is 0.783. The predicted octanol–water partition coefficient (Wildman–Crippen LogP) is 6.60. The van der Waals surface area contributed by atoms with Gasteiger partial charge in [0.2, 0.25) is 0 Å². The summed E-state index contributed by atoms with van der Waals surface area (Å²) in [4.78, 5) is 12.7. The number of nitrogens with zero attached hydrogens (tertiary/aromatic N) is 1. The highest BCUT2D eigenvalue weighted by atomic mass is 16.4. The van der Waals surface area contributed by atoms with E-state index in [0.717, 1.165) is 13.0 Å². The van der Waals surface area contributed by atoms with Gasteiger partial charge in [0.1, 0.15) is 0 Å². The van der Waals surface area contributed by atoms with Crippen molar-refractivity contribution < 1.29 is 9.90 Å². The lowest BCUT2D eigenvalue weighted by Gasteiger charge is -2.17. The van der Waals surface area contributed by atoms with Crippen molar-refractivity contribution in [1.29, 1.82) is 0 Å². The van der Waals surface area contributed by atoms with Gasteiger partial charge in [-0.15, -0.1) is 6.58 Å². The Morgan fingerprint density at radius 2 is 1.35 bits per heavy atom. The monoisotopic (exact) mass is 365 g/mol. The van der Waals surface area contributed by atoms with Gasteiger partial charge in [0.25, 0.3) is 0 Å². The molecule has 0 saturated heterocycles. The maximum absolute atomic E-state index is 10.8. The first-order chi connectivity index (χ1) is 12.7. The Morgan fingerprint density at radius 3 is 1.85 bits per heavy atom. The van der Waals surface area contributed by atoms with Gasteiger partial charge in [-0.1, -0.05) is 82.9 Å². The van der Waals surface area contributed by atoms with Crippen LogP contribution in [0.1, 0.15) is 96.8 Å². The molecular weight excluding hydrogens is 322 g/mol.